The SMILES string of the molecule is CCCCCCOC(=O)[C@H](CCc1ccc(-n2c(=O)c3ccncc3n(C)c2=O)nc1)NC(=O)c1cc(F)c(NS(=O)(=O)c2ccc(-c3cnc(COC)nc3)cc2)cc1F. The van der Waals surface area contributed by atoms with Crippen LogP contribution in [0, 0.1) is 11.6 Å². The fourth-order valence-electron chi connectivity index (χ4n) is 6.33. The second-order valence-electron chi connectivity index (χ2n) is 14.0. The van der Waals surface area contributed by atoms with E-state index >= 15 is 8.78 Å². The molecule has 0 saturated carbocycles. The molecule has 6 aromatic rings. The zero-order valence-corrected chi connectivity index (χ0v) is 34.2. The Balaban J connectivity index is 1.15. The number of amides is 1. The Bertz CT molecular complexity index is 2770. The number of ether oxygens (including phenoxy) is 2. The van der Waals surface area contributed by atoms with Gasteiger partial charge in [-0.2, -0.15) is 0 Å². The average Bonchev–Trinajstić information content (AvgIpc) is 3.26. The van der Waals surface area contributed by atoms with E-state index < -0.39 is 62.1 Å². The van der Waals surface area contributed by atoms with Gasteiger partial charge in [0.05, 0.1) is 39.9 Å². The molecule has 0 spiro atoms. The van der Waals surface area contributed by atoms with E-state index in [1.807, 2.05) is 11.6 Å². The van der Waals surface area contributed by atoms with E-state index in [9.17, 15) is 27.6 Å². The van der Waals surface area contributed by atoms with Crippen molar-refractivity contribution in [1.82, 2.24) is 34.4 Å². The molecule has 0 radical (unpaired) electrons. The molecule has 19 heteroatoms. The quantitative estimate of drug-likeness (QED) is 0.0864. The number of fused-ring (bicyclic) bond motifs is 1. The van der Waals surface area contributed by atoms with Crippen LogP contribution < -0.4 is 21.3 Å². The Kier molecular flexibility index (Phi) is 14.1. The number of methoxy groups -OCH3 is 1. The number of halogens is 2. The van der Waals surface area contributed by atoms with Crippen LogP contribution in [-0.4, -0.2) is 69.1 Å². The summed E-state index contributed by atoms with van der Waals surface area (Å²) in [6.07, 6.45) is 10.7. The van der Waals surface area contributed by atoms with Crippen molar-refractivity contribution < 1.29 is 36.3 Å². The number of aryl methyl sites for hydroxylation is 2. The lowest BCUT2D eigenvalue weighted by atomic mass is 10.1. The second kappa shape index (κ2) is 19.6. The van der Waals surface area contributed by atoms with E-state index in [1.54, 1.807) is 18.5 Å². The predicted octanol–water partition coefficient (Wildman–Crippen LogP) is 5.02. The molecule has 0 bridgehead atoms. The number of carbonyl (C=O) groups is 2. The highest BCUT2D eigenvalue weighted by Gasteiger charge is 2.27. The van der Waals surface area contributed by atoms with E-state index in [1.165, 1.54) is 73.7 Å². The molecular weight excluding hydrogens is 815 g/mol. The minimum absolute atomic E-state index is 0.0569. The lowest BCUT2D eigenvalue weighted by Crippen LogP contribution is -2.42. The number of hydrogen-bond donors (Lipinski definition) is 2. The number of unbranched alkanes of at least 4 members (excludes halogenated alkanes) is 3. The van der Waals surface area contributed by atoms with Crippen LogP contribution in [0.2, 0.25) is 0 Å². The number of pyridine rings is 2. The Morgan fingerprint density at radius 2 is 1.64 bits per heavy atom. The van der Waals surface area contributed by atoms with Gasteiger partial charge in [-0.25, -0.2) is 46.3 Å². The van der Waals surface area contributed by atoms with Crippen molar-refractivity contribution in [2.75, 3.05) is 18.4 Å². The first kappa shape index (κ1) is 43.8. The standard InChI is InChI=1S/C42H42F2N8O8S/c1-4-5-6-7-18-60-41(55)34(14-8-26-9-15-38(48-21-26)52-40(54)30-16-17-45-24-36(30)51(2)42(52)56)49-39(53)31-19-33(44)35(20-32(31)43)50-61(57,58)29-12-10-27(11-13-29)28-22-46-37(25-59-3)47-23-28/h9-13,15-17,19-24,34,50H,4-8,14,18,25H2,1-3H3,(H,49,53)/t34-/m0/s1. The molecular formula is C42H42F2N8O8S. The first-order chi connectivity index (χ1) is 29.3. The van der Waals surface area contributed by atoms with Gasteiger partial charge >= 0.3 is 11.7 Å². The summed E-state index contributed by atoms with van der Waals surface area (Å²) in [7, 11) is -1.40. The number of benzene rings is 2. The normalized spacial score (nSPS) is 12.0. The monoisotopic (exact) mass is 856 g/mol. The van der Waals surface area contributed by atoms with Gasteiger partial charge in [-0.1, -0.05) is 44.4 Å². The number of carbonyl (C=O) groups excluding carboxylic acids is 2. The molecule has 0 saturated heterocycles. The molecule has 318 valence electrons. The molecule has 61 heavy (non-hydrogen) atoms. The molecule has 1 amide bonds. The van der Waals surface area contributed by atoms with E-state index in [2.05, 4.69) is 25.3 Å². The Morgan fingerprint density at radius 1 is 0.885 bits per heavy atom. The number of anilines is 1. The van der Waals surface area contributed by atoms with Crippen molar-refractivity contribution in [1.29, 1.82) is 0 Å². The largest absolute Gasteiger partial charge is 0.464 e. The van der Waals surface area contributed by atoms with Crippen LogP contribution in [0.4, 0.5) is 14.5 Å². The highest BCUT2D eigenvalue weighted by Crippen LogP contribution is 2.25. The number of sulfonamides is 1. The van der Waals surface area contributed by atoms with Gasteiger partial charge in [0.25, 0.3) is 21.5 Å². The third-order valence-electron chi connectivity index (χ3n) is 9.69. The number of rotatable bonds is 18. The molecule has 2 N–H and O–H groups in total. The predicted molar refractivity (Wildman–Crippen MR) is 220 cm³/mol. The van der Waals surface area contributed by atoms with Gasteiger partial charge in [0.2, 0.25) is 0 Å². The number of hydrogen-bond acceptors (Lipinski definition) is 12. The highest BCUT2D eigenvalue weighted by molar-refractivity contribution is 7.92. The molecule has 0 aliphatic rings. The van der Waals surface area contributed by atoms with Crippen molar-refractivity contribution in [2.45, 2.75) is 63.0 Å². The average molecular weight is 857 g/mol. The zero-order valence-electron chi connectivity index (χ0n) is 33.4. The summed E-state index contributed by atoms with van der Waals surface area (Å²) in [4.78, 5) is 69.4. The maximum Gasteiger partial charge on any atom is 0.337 e. The molecule has 2 aromatic carbocycles. The molecule has 4 aromatic heterocycles. The first-order valence-electron chi connectivity index (χ1n) is 19.2. The van der Waals surface area contributed by atoms with Crippen LogP contribution >= 0.6 is 0 Å². The molecule has 0 fully saturated rings. The molecule has 1 atom stereocenters. The van der Waals surface area contributed by atoms with Crippen LogP contribution in [0.15, 0.2) is 100 Å². The minimum Gasteiger partial charge on any atom is -0.464 e. The maximum atomic E-state index is 15.5. The van der Waals surface area contributed by atoms with E-state index in [0.29, 0.717) is 46.6 Å². The molecule has 0 aliphatic carbocycles. The third kappa shape index (κ3) is 10.4. The summed E-state index contributed by atoms with van der Waals surface area (Å²) in [6, 6.07) is 9.86. The molecule has 0 unspecified atom stereocenters. The summed E-state index contributed by atoms with van der Waals surface area (Å²) in [5.41, 5.74) is -0.623. The van der Waals surface area contributed by atoms with Crippen LogP contribution in [0.25, 0.3) is 27.8 Å². The summed E-state index contributed by atoms with van der Waals surface area (Å²) in [5.74, 6) is -3.94. The Morgan fingerprint density at radius 3 is 2.33 bits per heavy atom. The topological polar surface area (TPSA) is 206 Å². The number of nitrogens with zero attached hydrogens (tertiary/aromatic N) is 6. The molecule has 0 aliphatic heterocycles. The van der Waals surface area contributed by atoms with Gasteiger partial charge < -0.3 is 14.8 Å². The zero-order chi connectivity index (χ0) is 43.7. The highest BCUT2D eigenvalue weighted by atomic mass is 32.2. The van der Waals surface area contributed by atoms with Crippen LogP contribution in [0.1, 0.15) is 60.8 Å². The minimum atomic E-state index is -4.42. The van der Waals surface area contributed by atoms with Gasteiger partial charge in [0, 0.05) is 50.6 Å². The van der Waals surface area contributed by atoms with Crippen molar-refractivity contribution in [3.63, 3.8) is 0 Å². The van der Waals surface area contributed by atoms with Crippen LogP contribution in [-0.2, 0) is 44.4 Å². The van der Waals surface area contributed by atoms with Crippen molar-refractivity contribution in [3.05, 3.63) is 135 Å². The molecule has 6 rings (SSSR count). The first-order valence-corrected chi connectivity index (χ1v) is 20.7. The number of esters is 1. The summed E-state index contributed by atoms with van der Waals surface area (Å²) >= 11 is 0. The van der Waals surface area contributed by atoms with E-state index in [-0.39, 0.29) is 42.2 Å². The lowest BCUT2D eigenvalue weighted by Gasteiger charge is -2.19. The van der Waals surface area contributed by atoms with E-state index in [4.69, 9.17) is 9.47 Å². The van der Waals surface area contributed by atoms with Gasteiger partial charge in [-0.05, 0) is 60.7 Å². The van der Waals surface area contributed by atoms with Gasteiger partial charge in [0.1, 0.15) is 30.1 Å². The Hall–Kier alpha value is -6.73. The fraction of sp³-hybridized carbons (Fsp3) is 0.286. The third-order valence-corrected chi connectivity index (χ3v) is 11.1. The maximum absolute atomic E-state index is 15.5. The number of nitrogens with one attached hydrogen (secondary N) is 2. The van der Waals surface area contributed by atoms with Crippen molar-refractivity contribution in [3.8, 4) is 16.9 Å². The summed E-state index contributed by atoms with van der Waals surface area (Å²) < 4.78 is 71.9. The fourth-order valence-corrected chi connectivity index (χ4v) is 7.39. The van der Waals surface area contributed by atoms with Crippen molar-refractivity contribution in [2.24, 2.45) is 7.05 Å². The second-order valence-corrected chi connectivity index (χ2v) is 15.6. The van der Waals surface area contributed by atoms with Crippen LogP contribution in [0.5, 0.6) is 0 Å². The molecule has 16 nitrogen and oxygen atoms in total. The van der Waals surface area contributed by atoms with Crippen LogP contribution in [0.3, 0.4) is 0 Å². The molecule has 4 heterocycles. The van der Waals surface area contributed by atoms with Crippen molar-refractivity contribution >= 4 is 38.5 Å². The number of aromatic nitrogens is 6. The van der Waals surface area contributed by atoms with Gasteiger partial charge in [-0.3, -0.25) is 23.9 Å². The summed E-state index contributed by atoms with van der Waals surface area (Å²) in [6.45, 7) is 2.32. The van der Waals surface area contributed by atoms with E-state index in [0.717, 1.165) is 23.8 Å². The lowest BCUT2D eigenvalue weighted by molar-refractivity contribution is -0.146. The smallest absolute Gasteiger partial charge is 0.337 e. The summed E-state index contributed by atoms with van der Waals surface area (Å²) in [5, 5.41) is 2.70. The Labute approximate surface area is 348 Å². The van der Waals surface area contributed by atoms with Gasteiger partial charge in [0.15, 0.2) is 5.82 Å². The van der Waals surface area contributed by atoms with Gasteiger partial charge in [-0.15, -0.1) is 0 Å².